The molecule has 144 valence electrons. The highest BCUT2D eigenvalue weighted by Crippen LogP contribution is 2.27. The van der Waals surface area contributed by atoms with E-state index in [1.54, 1.807) is 18.2 Å². The van der Waals surface area contributed by atoms with Gasteiger partial charge in [0.25, 0.3) is 5.91 Å². The Morgan fingerprint density at radius 2 is 1.79 bits per heavy atom. The second-order valence-electron chi connectivity index (χ2n) is 6.37. The van der Waals surface area contributed by atoms with Crippen molar-refractivity contribution in [2.24, 2.45) is 0 Å². The minimum atomic E-state index is -0.317. The molecule has 7 heteroatoms. The molecular weight excluding hydrogens is 376 g/mol. The van der Waals surface area contributed by atoms with Gasteiger partial charge in [-0.15, -0.1) is 10.2 Å². The number of ether oxygens (including phenoxy) is 1. The van der Waals surface area contributed by atoms with Gasteiger partial charge in [0, 0.05) is 11.6 Å². The molecule has 0 unspecified atom stereocenters. The van der Waals surface area contributed by atoms with Crippen LogP contribution in [0.15, 0.2) is 60.7 Å². The number of carbonyl (C=O) groups is 1. The van der Waals surface area contributed by atoms with Crippen molar-refractivity contribution < 1.29 is 9.53 Å². The maximum Gasteiger partial charge on any atom is 0.272 e. The minimum Gasteiger partial charge on any atom is -0.489 e. The molecular formula is C21H21ClN4O2. The van der Waals surface area contributed by atoms with Crippen LogP contribution in [0.3, 0.4) is 0 Å². The number of nitrogens with zero attached hydrogens (tertiary/aromatic N) is 2. The van der Waals surface area contributed by atoms with Crippen LogP contribution in [-0.4, -0.2) is 22.2 Å². The van der Waals surface area contributed by atoms with Gasteiger partial charge in [-0.1, -0.05) is 41.9 Å². The lowest BCUT2D eigenvalue weighted by Crippen LogP contribution is -2.24. The fourth-order valence-electron chi connectivity index (χ4n) is 2.49. The Morgan fingerprint density at radius 1 is 1.04 bits per heavy atom. The molecule has 0 bridgehead atoms. The van der Waals surface area contributed by atoms with E-state index in [2.05, 4.69) is 20.8 Å². The summed E-state index contributed by atoms with van der Waals surface area (Å²) in [6.45, 7) is 4.25. The zero-order valence-electron chi connectivity index (χ0n) is 15.6. The molecule has 2 N–H and O–H groups in total. The predicted molar refractivity (Wildman–Crippen MR) is 110 cm³/mol. The first-order valence-electron chi connectivity index (χ1n) is 8.91. The monoisotopic (exact) mass is 396 g/mol. The first-order valence-corrected chi connectivity index (χ1v) is 9.29. The normalized spacial score (nSPS) is 10.6. The minimum absolute atomic E-state index is 0.0539. The molecule has 3 aromatic rings. The summed E-state index contributed by atoms with van der Waals surface area (Å²) < 4.78 is 5.78. The standard InChI is InChI=1S/C21H21ClN4O2/c1-14(2)28-19-10-6-5-9-17(19)24-20-12-11-18(25-26-20)21(27)23-13-15-7-3-4-8-16(15)22/h3-12,14H,13H2,1-2H3,(H,23,27)(H,24,26). The number of anilines is 2. The van der Waals surface area contributed by atoms with Gasteiger partial charge in [0.15, 0.2) is 11.5 Å². The van der Waals surface area contributed by atoms with E-state index in [4.69, 9.17) is 16.3 Å². The average molecular weight is 397 g/mol. The molecule has 28 heavy (non-hydrogen) atoms. The van der Waals surface area contributed by atoms with Crippen LogP contribution in [0.25, 0.3) is 0 Å². The molecule has 1 amide bonds. The van der Waals surface area contributed by atoms with E-state index in [1.807, 2.05) is 56.3 Å². The van der Waals surface area contributed by atoms with Gasteiger partial charge in [0.1, 0.15) is 5.75 Å². The number of nitrogens with one attached hydrogen (secondary N) is 2. The summed E-state index contributed by atoms with van der Waals surface area (Å²) in [5.74, 6) is 0.922. The molecule has 0 aliphatic heterocycles. The first kappa shape index (κ1) is 19.6. The Labute approximate surface area is 168 Å². The summed E-state index contributed by atoms with van der Waals surface area (Å²) in [6.07, 6.45) is 0.0539. The van der Waals surface area contributed by atoms with E-state index in [0.717, 1.165) is 17.0 Å². The summed E-state index contributed by atoms with van der Waals surface area (Å²) >= 11 is 6.10. The highest BCUT2D eigenvalue weighted by Gasteiger charge is 2.10. The number of halogens is 1. The summed E-state index contributed by atoms with van der Waals surface area (Å²) in [6, 6.07) is 18.2. The topological polar surface area (TPSA) is 76.1 Å². The molecule has 0 fully saturated rings. The van der Waals surface area contributed by atoms with Gasteiger partial charge in [-0.25, -0.2) is 0 Å². The van der Waals surface area contributed by atoms with E-state index >= 15 is 0 Å². The Balaban J connectivity index is 1.64. The lowest BCUT2D eigenvalue weighted by atomic mass is 10.2. The van der Waals surface area contributed by atoms with Crippen LogP contribution in [0, 0.1) is 0 Å². The summed E-state index contributed by atoms with van der Waals surface area (Å²) in [5, 5.41) is 14.6. The highest BCUT2D eigenvalue weighted by atomic mass is 35.5. The van der Waals surface area contributed by atoms with Gasteiger partial charge in [-0.05, 0) is 49.7 Å². The molecule has 0 saturated heterocycles. The Morgan fingerprint density at radius 3 is 2.50 bits per heavy atom. The number of aromatic nitrogens is 2. The number of amides is 1. The van der Waals surface area contributed by atoms with Crippen molar-refractivity contribution in [3.8, 4) is 5.75 Å². The fourth-order valence-corrected chi connectivity index (χ4v) is 2.69. The van der Waals surface area contributed by atoms with Crippen molar-refractivity contribution in [2.45, 2.75) is 26.5 Å². The Bertz CT molecular complexity index is 945. The van der Waals surface area contributed by atoms with E-state index in [0.29, 0.717) is 17.4 Å². The van der Waals surface area contributed by atoms with Crippen LogP contribution in [0.4, 0.5) is 11.5 Å². The number of rotatable bonds is 7. The Hall–Kier alpha value is -3.12. The number of hydrogen-bond acceptors (Lipinski definition) is 5. The van der Waals surface area contributed by atoms with Crippen LogP contribution in [0.2, 0.25) is 5.02 Å². The summed E-state index contributed by atoms with van der Waals surface area (Å²) in [4.78, 5) is 12.3. The van der Waals surface area contributed by atoms with Gasteiger partial charge in [0.2, 0.25) is 0 Å². The van der Waals surface area contributed by atoms with Crippen LogP contribution < -0.4 is 15.4 Å². The summed E-state index contributed by atoms with van der Waals surface area (Å²) in [7, 11) is 0. The number of benzene rings is 2. The molecule has 6 nitrogen and oxygen atoms in total. The molecule has 0 radical (unpaired) electrons. The van der Waals surface area contributed by atoms with E-state index < -0.39 is 0 Å². The quantitative estimate of drug-likeness (QED) is 0.610. The van der Waals surface area contributed by atoms with Gasteiger partial charge >= 0.3 is 0 Å². The largest absolute Gasteiger partial charge is 0.489 e. The summed E-state index contributed by atoms with van der Waals surface area (Å²) in [5.41, 5.74) is 1.84. The van der Waals surface area contributed by atoms with Crippen molar-refractivity contribution >= 4 is 29.0 Å². The fraction of sp³-hybridized carbons (Fsp3) is 0.190. The van der Waals surface area contributed by atoms with Gasteiger partial charge in [0.05, 0.1) is 11.8 Å². The zero-order valence-corrected chi connectivity index (χ0v) is 16.4. The van der Waals surface area contributed by atoms with Crippen LogP contribution in [-0.2, 0) is 6.54 Å². The second-order valence-corrected chi connectivity index (χ2v) is 6.77. The molecule has 0 spiro atoms. The van der Waals surface area contributed by atoms with Crippen LogP contribution >= 0.6 is 11.6 Å². The lowest BCUT2D eigenvalue weighted by Gasteiger charge is -2.14. The third-order valence-electron chi connectivity index (χ3n) is 3.81. The number of para-hydroxylation sites is 2. The van der Waals surface area contributed by atoms with Crippen molar-refractivity contribution in [1.29, 1.82) is 0 Å². The lowest BCUT2D eigenvalue weighted by molar-refractivity contribution is 0.0945. The van der Waals surface area contributed by atoms with Crippen LogP contribution in [0.5, 0.6) is 5.75 Å². The van der Waals surface area contributed by atoms with Gasteiger partial charge in [-0.2, -0.15) is 0 Å². The third-order valence-corrected chi connectivity index (χ3v) is 4.18. The molecule has 1 heterocycles. The average Bonchev–Trinajstić information content (AvgIpc) is 2.69. The predicted octanol–water partition coefficient (Wildman–Crippen LogP) is 4.59. The molecule has 3 rings (SSSR count). The molecule has 0 aliphatic rings. The van der Waals surface area contributed by atoms with E-state index in [9.17, 15) is 4.79 Å². The van der Waals surface area contributed by atoms with Gasteiger partial charge in [-0.3, -0.25) is 4.79 Å². The number of hydrogen-bond donors (Lipinski definition) is 2. The maximum atomic E-state index is 12.3. The Kier molecular flexibility index (Phi) is 6.45. The van der Waals surface area contributed by atoms with Crippen molar-refractivity contribution in [2.75, 3.05) is 5.32 Å². The smallest absolute Gasteiger partial charge is 0.272 e. The van der Waals surface area contributed by atoms with Gasteiger partial charge < -0.3 is 15.4 Å². The second kappa shape index (κ2) is 9.19. The first-order chi connectivity index (χ1) is 13.5. The highest BCUT2D eigenvalue weighted by molar-refractivity contribution is 6.31. The van der Waals surface area contributed by atoms with E-state index in [-0.39, 0.29) is 17.7 Å². The number of carbonyl (C=O) groups excluding carboxylic acids is 1. The van der Waals surface area contributed by atoms with E-state index in [1.165, 1.54) is 0 Å². The molecule has 2 aromatic carbocycles. The SMILES string of the molecule is CC(C)Oc1ccccc1Nc1ccc(C(=O)NCc2ccccc2Cl)nn1. The zero-order chi connectivity index (χ0) is 19.9. The third kappa shape index (κ3) is 5.20. The van der Waals surface area contributed by atoms with Crippen molar-refractivity contribution in [3.63, 3.8) is 0 Å². The molecule has 0 saturated carbocycles. The maximum absolute atomic E-state index is 12.3. The van der Waals surface area contributed by atoms with Crippen molar-refractivity contribution in [1.82, 2.24) is 15.5 Å². The molecule has 0 aliphatic carbocycles. The van der Waals surface area contributed by atoms with Crippen molar-refractivity contribution in [3.05, 3.63) is 76.9 Å². The molecule has 1 aromatic heterocycles. The molecule has 0 atom stereocenters. The van der Waals surface area contributed by atoms with Crippen LogP contribution in [0.1, 0.15) is 29.9 Å².